The molecule has 0 saturated carbocycles. The van der Waals surface area contributed by atoms with Crippen molar-refractivity contribution in [2.24, 2.45) is 0 Å². The summed E-state index contributed by atoms with van der Waals surface area (Å²) in [5.74, 6) is -0.385. The Bertz CT molecular complexity index is 543. The van der Waals surface area contributed by atoms with E-state index in [1.165, 1.54) is 13.3 Å². The molecule has 0 amide bonds. The minimum Gasteiger partial charge on any atom is -0.465 e. The molecule has 0 aliphatic rings. The average molecular weight is 231 g/mol. The van der Waals surface area contributed by atoms with Gasteiger partial charge in [0.25, 0.3) is 0 Å². The summed E-state index contributed by atoms with van der Waals surface area (Å²) in [5.41, 5.74) is 8.35. The maximum atomic E-state index is 11.4. The zero-order valence-electron chi connectivity index (χ0n) is 9.68. The van der Waals surface area contributed by atoms with Crippen molar-refractivity contribution in [3.63, 3.8) is 0 Å². The molecular weight excluding hydrogens is 218 g/mol. The summed E-state index contributed by atoms with van der Waals surface area (Å²) >= 11 is 0. The van der Waals surface area contributed by atoms with Gasteiger partial charge < -0.3 is 10.5 Å². The van der Waals surface area contributed by atoms with E-state index in [1.807, 2.05) is 19.1 Å². The molecule has 88 valence electrons. The van der Waals surface area contributed by atoms with Gasteiger partial charge in [0.15, 0.2) is 0 Å². The number of carbonyl (C=O) groups is 1. The molecular formula is C12H13N3O2. The lowest BCUT2D eigenvalue weighted by molar-refractivity contribution is 0.0600. The maximum absolute atomic E-state index is 11.4. The fourth-order valence-corrected chi connectivity index (χ4v) is 1.60. The number of esters is 1. The molecule has 17 heavy (non-hydrogen) atoms. The van der Waals surface area contributed by atoms with Crippen LogP contribution in [-0.4, -0.2) is 22.9 Å². The highest BCUT2D eigenvalue weighted by Gasteiger charge is 2.14. The minimum atomic E-state index is -0.385. The number of nitrogens with two attached hydrogens (primary N) is 1. The topological polar surface area (TPSA) is 70.1 Å². The van der Waals surface area contributed by atoms with Gasteiger partial charge in [-0.3, -0.25) is 0 Å². The van der Waals surface area contributed by atoms with Crippen LogP contribution in [0.25, 0.3) is 5.69 Å². The molecule has 0 bridgehead atoms. The number of nitrogen functional groups attached to an aromatic ring is 1. The van der Waals surface area contributed by atoms with Gasteiger partial charge in [0.1, 0.15) is 5.56 Å². The second kappa shape index (κ2) is 4.29. The van der Waals surface area contributed by atoms with Crippen molar-refractivity contribution in [1.82, 2.24) is 9.78 Å². The summed E-state index contributed by atoms with van der Waals surface area (Å²) in [5, 5.41) is 4.16. The highest BCUT2D eigenvalue weighted by Crippen LogP contribution is 2.16. The highest BCUT2D eigenvalue weighted by molar-refractivity contribution is 5.90. The first-order valence-corrected chi connectivity index (χ1v) is 5.12. The number of hydrogen-bond donors (Lipinski definition) is 1. The molecule has 0 fully saturated rings. The van der Waals surface area contributed by atoms with Gasteiger partial charge in [0.2, 0.25) is 0 Å². The Balaban J connectivity index is 2.44. The van der Waals surface area contributed by atoms with Gasteiger partial charge in [-0.1, -0.05) is 0 Å². The molecule has 0 unspecified atom stereocenters. The normalized spacial score (nSPS) is 10.2. The first-order chi connectivity index (χ1) is 8.13. The standard InChI is InChI=1S/C12H13N3O2/c1-8-11(12(16)17-2)7-14-15(8)10-5-3-9(13)4-6-10/h3-7H,13H2,1-2H3. The van der Waals surface area contributed by atoms with E-state index in [2.05, 4.69) is 9.84 Å². The Labute approximate surface area is 98.8 Å². The Kier molecular flexibility index (Phi) is 2.82. The van der Waals surface area contributed by atoms with Gasteiger partial charge in [-0.25, -0.2) is 9.48 Å². The summed E-state index contributed by atoms with van der Waals surface area (Å²) in [6.45, 7) is 1.82. The Morgan fingerprint density at radius 3 is 2.59 bits per heavy atom. The fourth-order valence-electron chi connectivity index (χ4n) is 1.60. The fraction of sp³-hybridized carbons (Fsp3) is 0.167. The number of nitrogens with zero attached hydrogens (tertiary/aromatic N) is 2. The maximum Gasteiger partial charge on any atom is 0.341 e. The van der Waals surface area contributed by atoms with Crippen molar-refractivity contribution >= 4 is 11.7 Å². The SMILES string of the molecule is COC(=O)c1cnn(-c2ccc(N)cc2)c1C. The van der Waals surface area contributed by atoms with E-state index in [0.717, 1.165) is 11.4 Å². The van der Waals surface area contributed by atoms with Crippen molar-refractivity contribution in [3.05, 3.63) is 41.7 Å². The monoisotopic (exact) mass is 231 g/mol. The van der Waals surface area contributed by atoms with E-state index >= 15 is 0 Å². The van der Waals surface area contributed by atoms with Gasteiger partial charge in [0.05, 0.1) is 24.7 Å². The predicted octanol–water partition coefficient (Wildman–Crippen LogP) is 1.55. The van der Waals surface area contributed by atoms with E-state index in [1.54, 1.807) is 16.8 Å². The van der Waals surface area contributed by atoms with Crippen molar-refractivity contribution < 1.29 is 9.53 Å². The first-order valence-electron chi connectivity index (χ1n) is 5.12. The van der Waals surface area contributed by atoms with E-state index in [-0.39, 0.29) is 5.97 Å². The van der Waals surface area contributed by atoms with Gasteiger partial charge >= 0.3 is 5.97 Å². The van der Waals surface area contributed by atoms with E-state index in [9.17, 15) is 4.79 Å². The van der Waals surface area contributed by atoms with Crippen LogP contribution in [0.15, 0.2) is 30.5 Å². The molecule has 5 nitrogen and oxygen atoms in total. The predicted molar refractivity (Wildman–Crippen MR) is 64.1 cm³/mol. The molecule has 2 rings (SSSR count). The smallest absolute Gasteiger partial charge is 0.341 e. The van der Waals surface area contributed by atoms with Crippen LogP contribution in [0.4, 0.5) is 5.69 Å². The largest absolute Gasteiger partial charge is 0.465 e. The van der Waals surface area contributed by atoms with Gasteiger partial charge in [-0.15, -0.1) is 0 Å². The zero-order chi connectivity index (χ0) is 12.4. The summed E-state index contributed by atoms with van der Waals surface area (Å²) in [4.78, 5) is 11.4. The molecule has 2 N–H and O–H groups in total. The summed E-state index contributed by atoms with van der Waals surface area (Å²) in [6.07, 6.45) is 1.50. The number of hydrogen-bond acceptors (Lipinski definition) is 4. The van der Waals surface area contributed by atoms with Crippen LogP contribution in [-0.2, 0) is 4.74 Å². The van der Waals surface area contributed by atoms with Crippen molar-refractivity contribution in [3.8, 4) is 5.69 Å². The van der Waals surface area contributed by atoms with Crippen LogP contribution in [0.3, 0.4) is 0 Å². The number of rotatable bonds is 2. The quantitative estimate of drug-likeness (QED) is 0.628. The number of carbonyl (C=O) groups excluding carboxylic acids is 1. The third-order valence-corrected chi connectivity index (χ3v) is 2.55. The minimum absolute atomic E-state index is 0.385. The van der Waals surface area contributed by atoms with Crippen molar-refractivity contribution in [2.75, 3.05) is 12.8 Å². The van der Waals surface area contributed by atoms with Crippen molar-refractivity contribution in [2.45, 2.75) is 6.92 Å². The molecule has 0 saturated heterocycles. The van der Waals surface area contributed by atoms with E-state index in [0.29, 0.717) is 11.3 Å². The molecule has 0 aliphatic heterocycles. The molecule has 0 spiro atoms. The van der Waals surface area contributed by atoms with Gasteiger partial charge in [-0.05, 0) is 31.2 Å². The van der Waals surface area contributed by atoms with E-state index < -0.39 is 0 Å². The van der Waals surface area contributed by atoms with Crippen LogP contribution < -0.4 is 5.73 Å². The Morgan fingerprint density at radius 2 is 2.00 bits per heavy atom. The Morgan fingerprint density at radius 1 is 1.35 bits per heavy atom. The summed E-state index contributed by atoms with van der Waals surface area (Å²) in [6, 6.07) is 7.26. The Hall–Kier alpha value is -2.30. The van der Waals surface area contributed by atoms with Crippen molar-refractivity contribution in [1.29, 1.82) is 0 Å². The van der Waals surface area contributed by atoms with Crippen LogP contribution in [0.1, 0.15) is 16.1 Å². The molecule has 0 atom stereocenters. The number of benzene rings is 1. The third kappa shape index (κ3) is 1.99. The zero-order valence-corrected chi connectivity index (χ0v) is 9.68. The van der Waals surface area contributed by atoms with Gasteiger partial charge in [0, 0.05) is 5.69 Å². The van der Waals surface area contributed by atoms with Crippen LogP contribution in [0.5, 0.6) is 0 Å². The summed E-state index contributed by atoms with van der Waals surface area (Å²) < 4.78 is 6.35. The highest BCUT2D eigenvalue weighted by atomic mass is 16.5. The third-order valence-electron chi connectivity index (χ3n) is 2.55. The van der Waals surface area contributed by atoms with Crippen LogP contribution >= 0.6 is 0 Å². The second-order valence-corrected chi connectivity index (χ2v) is 3.64. The van der Waals surface area contributed by atoms with Crippen LogP contribution in [0.2, 0.25) is 0 Å². The molecule has 1 aromatic heterocycles. The molecule has 5 heteroatoms. The molecule has 0 aliphatic carbocycles. The second-order valence-electron chi connectivity index (χ2n) is 3.64. The molecule has 1 aromatic carbocycles. The lowest BCUT2D eigenvalue weighted by Crippen LogP contribution is -2.04. The van der Waals surface area contributed by atoms with E-state index in [4.69, 9.17) is 5.73 Å². The molecule has 2 aromatic rings. The van der Waals surface area contributed by atoms with Gasteiger partial charge in [-0.2, -0.15) is 5.10 Å². The number of methoxy groups -OCH3 is 1. The summed E-state index contributed by atoms with van der Waals surface area (Å²) in [7, 11) is 1.35. The molecule has 1 heterocycles. The lowest BCUT2D eigenvalue weighted by Gasteiger charge is -2.05. The average Bonchev–Trinajstić information content (AvgIpc) is 2.71. The van der Waals surface area contributed by atoms with Crippen LogP contribution in [0, 0.1) is 6.92 Å². The number of aromatic nitrogens is 2. The molecule has 0 radical (unpaired) electrons. The number of anilines is 1. The number of ether oxygens (including phenoxy) is 1. The lowest BCUT2D eigenvalue weighted by atomic mass is 10.2. The first kappa shape index (κ1) is 11.2.